The summed E-state index contributed by atoms with van der Waals surface area (Å²) in [6.07, 6.45) is 6.30. The Morgan fingerprint density at radius 1 is 1.09 bits per heavy atom. The van der Waals surface area contributed by atoms with Crippen LogP contribution in [0.4, 0.5) is 4.39 Å². The van der Waals surface area contributed by atoms with Gasteiger partial charge in [0.1, 0.15) is 18.6 Å². The third-order valence-electron chi connectivity index (χ3n) is 6.92. The Kier molecular flexibility index (Phi) is 7.77. The minimum atomic E-state index is -0.317. The molecule has 0 radical (unpaired) electrons. The summed E-state index contributed by atoms with van der Waals surface area (Å²) in [5, 5.41) is 4.14. The Hall–Kier alpha value is -3.00. The molecular formula is C26H33FN4O3. The smallest absolute Gasteiger partial charge is 0.270 e. The highest BCUT2D eigenvalue weighted by Gasteiger charge is 2.28. The highest BCUT2D eigenvalue weighted by atomic mass is 19.1. The molecule has 1 fully saturated rings. The van der Waals surface area contributed by atoms with Crippen molar-refractivity contribution < 1.29 is 18.8 Å². The molecule has 0 saturated carbocycles. The fourth-order valence-corrected chi connectivity index (χ4v) is 4.91. The number of hydrogen-bond donors (Lipinski definition) is 0. The van der Waals surface area contributed by atoms with E-state index in [0.29, 0.717) is 24.2 Å². The summed E-state index contributed by atoms with van der Waals surface area (Å²) >= 11 is 0. The summed E-state index contributed by atoms with van der Waals surface area (Å²) in [4.78, 5) is 34.7. The number of aromatic nitrogens is 1. The van der Waals surface area contributed by atoms with Crippen LogP contribution in [-0.2, 0) is 11.4 Å². The number of rotatable bonds is 8. The lowest BCUT2D eigenvalue weighted by Gasteiger charge is -2.31. The summed E-state index contributed by atoms with van der Waals surface area (Å²) in [6, 6.07) is 7.83. The highest BCUT2D eigenvalue weighted by molar-refractivity contribution is 6.11. The molecule has 3 heterocycles. The Labute approximate surface area is 200 Å². The summed E-state index contributed by atoms with van der Waals surface area (Å²) in [7, 11) is 3.35. The molecule has 1 amide bonds. The fraction of sp³-hybridized carbons (Fsp3) is 0.500. The number of nitrogens with zero attached hydrogens (tertiary/aromatic N) is 4. The molecule has 0 bridgehead atoms. The second-order valence-corrected chi connectivity index (χ2v) is 9.16. The van der Waals surface area contributed by atoms with Gasteiger partial charge in [-0.05, 0) is 75.6 Å². The molecule has 0 aliphatic carbocycles. The molecule has 0 unspecified atom stereocenters. The van der Waals surface area contributed by atoms with Gasteiger partial charge < -0.3 is 19.2 Å². The number of amides is 1. The Morgan fingerprint density at radius 2 is 1.79 bits per heavy atom. The lowest BCUT2D eigenvalue weighted by molar-refractivity contribution is 0.0788. The highest BCUT2D eigenvalue weighted by Crippen LogP contribution is 2.23. The maximum absolute atomic E-state index is 13.1. The van der Waals surface area contributed by atoms with Crippen molar-refractivity contribution in [2.24, 2.45) is 11.1 Å². The molecule has 1 aromatic carbocycles. The first-order chi connectivity index (χ1) is 16.5. The van der Waals surface area contributed by atoms with Gasteiger partial charge >= 0.3 is 0 Å². The first-order valence-electron chi connectivity index (χ1n) is 12.0. The number of carbonyl (C=O) groups excluding carboxylic acids is 2. The zero-order chi connectivity index (χ0) is 24.1. The molecule has 2 aliphatic heterocycles. The van der Waals surface area contributed by atoms with E-state index in [1.807, 2.05) is 23.9 Å². The second-order valence-electron chi connectivity index (χ2n) is 9.16. The predicted molar refractivity (Wildman–Crippen MR) is 129 cm³/mol. The molecule has 0 spiro atoms. The van der Waals surface area contributed by atoms with Crippen LogP contribution in [0.5, 0.6) is 0 Å². The average Bonchev–Trinajstić information content (AvgIpc) is 3.23. The van der Waals surface area contributed by atoms with Crippen LogP contribution in [0, 0.1) is 11.7 Å². The first kappa shape index (κ1) is 24.1. The normalized spacial score (nSPS) is 18.7. The number of aryl methyl sites for hydroxylation is 1. The average molecular weight is 469 g/mol. The third-order valence-corrected chi connectivity index (χ3v) is 6.92. The molecule has 0 N–H and O–H groups in total. The second kappa shape index (κ2) is 11.0. The van der Waals surface area contributed by atoms with Crippen molar-refractivity contribution in [3.63, 3.8) is 0 Å². The van der Waals surface area contributed by atoms with Gasteiger partial charge in [0.2, 0.25) is 0 Å². The van der Waals surface area contributed by atoms with Gasteiger partial charge in [0.15, 0.2) is 5.78 Å². The van der Waals surface area contributed by atoms with E-state index in [1.165, 1.54) is 19.2 Å². The van der Waals surface area contributed by atoms with Crippen LogP contribution in [0.25, 0.3) is 0 Å². The number of piperidine rings is 1. The maximum atomic E-state index is 13.1. The van der Waals surface area contributed by atoms with E-state index in [0.717, 1.165) is 63.1 Å². The molecule has 34 heavy (non-hydrogen) atoms. The molecule has 182 valence electrons. The number of oxime groups is 1. The molecule has 1 aromatic heterocycles. The van der Waals surface area contributed by atoms with Crippen molar-refractivity contribution in [1.82, 2.24) is 14.4 Å². The lowest BCUT2D eigenvalue weighted by atomic mass is 9.89. The van der Waals surface area contributed by atoms with Gasteiger partial charge in [-0.25, -0.2) is 4.39 Å². The Morgan fingerprint density at radius 3 is 2.50 bits per heavy atom. The van der Waals surface area contributed by atoms with Gasteiger partial charge in [0, 0.05) is 49.8 Å². The molecule has 8 heteroatoms. The monoisotopic (exact) mass is 468 g/mol. The number of ketones is 1. The predicted octanol–water partition coefficient (Wildman–Crippen LogP) is 3.83. The maximum Gasteiger partial charge on any atom is 0.270 e. The largest absolute Gasteiger partial charge is 0.399 e. The Bertz CT molecular complexity index is 1040. The van der Waals surface area contributed by atoms with Crippen molar-refractivity contribution in [3.8, 4) is 0 Å². The lowest BCUT2D eigenvalue weighted by Crippen LogP contribution is -2.37. The van der Waals surface area contributed by atoms with Gasteiger partial charge in [0.05, 0.1) is 5.71 Å². The van der Waals surface area contributed by atoms with Crippen LogP contribution in [0.1, 0.15) is 58.5 Å². The van der Waals surface area contributed by atoms with Crippen molar-refractivity contribution in [1.29, 1.82) is 0 Å². The molecular weight excluding hydrogens is 435 g/mol. The first-order valence-corrected chi connectivity index (χ1v) is 12.0. The third kappa shape index (κ3) is 5.38. The summed E-state index contributed by atoms with van der Waals surface area (Å²) in [5.41, 5.74) is 2.97. The Balaban J connectivity index is 1.26. The molecule has 0 atom stereocenters. The number of carbonyl (C=O) groups is 2. The van der Waals surface area contributed by atoms with Crippen LogP contribution < -0.4 is 0 Å². The number of unbranched alkanes of at least 4 members (excludes halogenated alkanes) is 1. The molecule has 2 aliphatic rings. The van der Waals surface area contributed by atoms with E-state index in [1.54, 1.807) is 17.0 Å². The van der Waals surface area contributed by atoms with E-state index in [4.69, 9.17) is 4.84 Å². The van der Waals surface area contributed by atoms with Crippen LogP contribution in [0.2, 0.25) is 0 Å². The van der Waals surface area contributed by atoms with Crippen molar-refractivity contribution in [2.75, 3.05) is 40.3 Å². The minimum absolute atomic E-state index is 0.0167. The fourth-order valence-electron chi connectivity index (χ4n) is 4.91. The number of halogens is 1. The summed E-state index contributed by atoms with van der Waals surface area (Å²) in [5.74, 6) is -0.154. The van der Waals surface area contributed by atoms with E-state index in [2.05, 4.69) is 10.1 Å². The van der Waals surface area contributed by atoms with E-state index < -0.39 is 0 Å². The van der Waals surface area contributed by atoms with Gasteiger partial charge in [-0.3, -0.25) is 9.59 Å². The van der Waals surface area contributed by atoms with Crippen LogP contribution in [0.3, 0.4) is 0 Å². The van der Waals surface area contributed by atoms with E-state index >= 15 is 0 Å². The SMILES string of the molecule is CON=C1CCN(C)C(=O)c2c1ccn2CCCCN1CCC(C(=O)c2ccc(F)cc2)CC1. The number of hydrogen-bond acceptors (Lipinski definition) is 5. The van der Waals surface area contributed by atoms with Crippen molar-refractivity contribution >= 4 is 17.4 Å². The van der Waals surface area contributed by atoms with Gasteiger partial charge in [-0.2, -0.15) is 0 Å². The summed E-state index contributed by atoms with van der Waals surface area (Å²) in [6.45, 7) is 4.17. The molecule has 7 nitrogen and oxygen atoms in total. The zero-order valence-corrected chi connectivity index (χ0v) is 20.0. The zero-order valence-electron chi connectivity index (χ0n) is 20.0. The van der Waals surface area contributed by atoms with E-state index in [9.17, 15) is 14.0 Å². The van der Waals surface area contributed by atoms with Crippen molar-refractivity contribution in [3.05, 3.63) is 59.2 Å². The number of benzene rings is 1. The number of Topliss-reactive ketones (excluding diaryl/α,β-unsaturated/α-hetero) is 1. The van der Waals surface area contributed by atoms with E-state index in [-0.39, 0.29) is 23.4 Å². The molecule has 1 saturated heterocycles. The number of likely N-dealkylation sites (tertiary alicyclic amines) is 1. The van der Waals surface area contributed by atoms with Gasteiger partial charge in [0.25, 0.3) is 5.91 Å². The quantitative estimate of drug-likeness (QED) is 0.336. The van der Waals surface area contributed by atoms with Gasteiger partial charge in [-0.1, -0.05) is 5.16 Å². The van der Waals surface area contributed by atoms with Crippen LogP contribution in [-0.4, -0.2) is 72.1 Å². The molecule has 4 rings (SSSR count). The van der Waals surface area contributed by atoms with Crippen molar-refractivity contribution in [2.45, 2.75) is 38.6 Å². The summed E-state index contributed by atoms with van der Waals surface area (Å²) < 4.78 is 15.2. The molecule has 2 aromatic rings. The van der Waals surface area contributed by atoms with Crippen LogP contribution >= 0.6 is 0 Å². The topological polar surface area (TPSA) is 67.1 Å². The standard InChI is InChI=1S/C26H33FN4O3/c1-29-15-12-23(28-34-2)22-11-18-31(24(22)26(29)33)14-4-3-13-30-16-9-20(10-17-30)25(32)19-5-7-21(27)8-6-19/h5-8,11,18,20H,3-4,9-10,12-17H2,1-2H3. The van der Waals surface area contributed by atoms with Gasteiger partial charge in [-0.15, -0.1) is 0 Å². The minimum Gasteiger partial charge on any atom is -0.399 e. The number of fused-ring (bicyclic) bond motifs is 1. The van der Waals surface area contributed by atoms with Crippen LogP contribution in [0.15, 0.2) is 41.7 Å².